The van der Waals surface area contributed by atoms with Crippen molar-refractivity contribution in [1.29, 1.82) is 0 Å². The van der Waals surface area contributed by atoms with Gasteiger partial charge in [0.25, 0.3) is 0 Å². The van der Waals surface area contributed by atoms with E-state index < -0.39 is 11.7 Å². The third-order valence-electron chi connectivity index (χ3n) is 2.70. The van der Waals surface area contributed by atoms with Crippen molar-refractivity contribution < 1.29 is 14.3 Å². The van der Waals surface area contributed by atoms with Gasteiger partial charge in [-0.1, -0.05) is 12.1 Å². The molecule has 1 fully saturated rings. The number of hydrogen-bond donors (Lipinski definition) is 1. The van der Waals surface area contributed by atoms with Gasteiger partial charge in [0.05, 0.1) is 6.61 Å². The summed E-state index contributed by atoms with van der Waals surface area (Å²) >= 11 is 0. The molecule has 0 aliphatic carbocycles. The van der Waals surface area contributed by atoms with E-state index in [-0.39, 0.29) is 5.60 Å². The molecule has 1 amide bonds. The number of anilines is 1. The van der Waals surface area contributed by atoms with Crippen LogP contribution < -0.4 is 5.32 Å². The van der Waals surface area contributed by atoms with E-state index in [1.165, 1.54) is 0 Å². The monoisotopic (exact) mass is 249 g/mol. The van der Waals surface area contributed by atoms with Crippen LogP contribution in [0.3, 0.4) is 0 Å². The topological polar surface area (TPSA) is 50.9 Å². The average molecular weight is 249 g/mol. The Kier molecular flexibility index (Phi) is 3.07. The highest BCUT2D eigenvalue weighted by Gasteiger charge is 2.41. The van der Waals surface area contributed by atoms with Crippen molar-refractivity contribution in [1.82, 2.24) is 0 Å². The maximum absolute atomic E-state index is 11.6. The summed E-state index contributed by atoms with van der Waals surface area (Å²) in [5.74, 6) is 0. The number of carbonyl (C=O) groups excluding carboxylic acids is 1. The number of epoxide rings is 1. The quantitative estimate of drug-likeness (QED) is 0.818. The van der Waals surface area contributed by atoms with E-state index in [1.54, 1.807) is 0 Å². The number of rotatable bonds is 2. The molecule has 4 heteroatoms. The molecule has 1 aromatic carbocycles. The highest BCUT2D eigenvalue weighted by Crippen LogP contribution is 2.38. The molecule has 1 aromatic rings. The highest BCUT2D eigenvalue weighted by atomic mass is 16.6. The smallest absolute Gasteiger partial charge is 0.412 e. The molecule has 1 aliphatic heterocycles. The van der Waals surface area contributed by atoms with Gasteiger partial charge in [-0.05, 0) is 45.4 Å². The molecular weight excluding hydrogens is 230 g/mol. The second-order valence-corrected chi connectivity index (χ2v) is 5.73. The zero-order valence-corrected chi connectivity index (χ0v) is 11.2. The van der Waals surface area contributed by atoms with Crippen molar-refractivity contribution in [2.45, 2.75) is 38.9 Å². The first-order chi connectivity index (χ1) is 8.28. The maximum Gasteiger partial charge on any atom is 0.412 e. The molecule has 1 aliphatic rings. The van der Waals surface area contributed by atoms with Gasteiger partial charge in [-0.2, -0.15) is 0 Å². The Labute approximate surface area is 107 Å². The summed E-state index contributed by atoms with van der Waals surface area (Å²) in [6, 6.07) is 7.64. The van der Waals surface area contributed by atoms with Crippen molar-refractivity contribution in [3.63, 3.8) is 0 Å². The lowest BCUT2D eigenvalue weighted by atomic mass is 10.0. The second kappa shape index (κ2) is 4.28. The van der Waals surface area contributed by atoms with Crippen LogP contribution in [0.5, 0.6) is 0 Å². The van der Waals surface area contributed by atoms with Gasteiger partial charge < -0.3 is 9.47 Å². The van der Waals surface area contributed by atoms with E-state index in [4.69, 9.17) is 9.47 Å². The van der Waals surface area contributed by atoms with Crippen LogP contribution in [0.4, 0.5) is 10.5 Å². The third kappa shape index (κ3) is 3.23. The zero-order chi connectivity index (χ0) is 13.4. The maximum atomic E-state index is 11.6. The predicted octanol–water partition coefficient (Wildman–Crippen LogP) is 3.28. The molecule has 1 atom stereocenters. The van der Waals surface area contributed by atoms with E-state index in [0.29, 0.717) is 0 Å². The number of ether oxygens (including phenoxy) is 2. The molecule has 1 saturated heterocycles. The van der Waals surface area contributed by atoms with Crippen molar-refractivity contribution in [2.24, 2.45) is 0 Å². The van der Waals surface area contributed by atoms with Crippen LogP contribution >= 0.6 is 0 Å². The molecule has 0 bridgehead atoms. The Bertz CT molecular complexity index is 458. The standard InChI is InChI=1S/C14H19NO3/c1-13(2,3)18-12(16)15-11-7-5-6-10(8-11)14(4)9-17-14/h5-8H,9H2,1-4H3,(H,15,16). The zero-order valence-electron chi connectivity index (χ0n) is 11.2. The molecule has 2 rings (SSSR count). The Morgan fingerprint density at radius 1 is 1.44 bits per heavy atom. The fraction of sp³-hybridized carbons (Fsp3) is 0.500. The molecule has 0 radical (unpaired) electrons. The van der Waals surface area contributed by atoms with Crippen molar-refractivity contribution >= 4 is 11.8 Å². The van der Waals surface area contributed by atoms with Crippen LogP contribution in [-0.2, 0) is 15.1 Å². The van der Waals surface area contributed by atoms with Gasteiger partial charge in [-0.15, -0.1) is 0 Å². The van der Waals surface area contributed by atoms with Gasteiger partial charge >= 0.3 is 6.09 Å². The van der Waals surface area contributed by atoms with E-state index in [9.17, 15) is 4.79 Å². The van der Waals surface area contributed by atoms with Crippen LogP contribution in [0.15, 0.2) is 24.3 Å². The van der Waals surface area contributed by atoms with E-state index in [0.717, 1.165) is 17.9 Å². The SMILES string of the molecule is CC(C)(C)OC(=O)Nc1cccc(C2(C)CO2)c1. The van der Waals surface area contributed by atoms with Gasteiger partial charge in [0.15, 0.2) is 0 Å². The summed E-state index contributed by atoms with van der Waals surface area (Å²) in [6.45, 7) is 8.26. The number of carbonyl (C=O) groups is 1. The van der Waals surface area contributed by atoms with E-state index in [2.05, 4.69) is 5.32 Å². The minimum Gasteiger partial charge on any atom is -0.444 e. The summed E-state index contributed by atoms with van der Waals surface area (Å²) in [7, 11) is 0. The molecule has 98 valence electrons. The summed E-state index contributed by atoms with van der Waals surface area (Å²) in [4.78, 5) is 11.6. The molecule has 1 unspecified atom stereocenters. The van der Waals surface area contributed by atoms with Crippen LogP contribution in [0, 0.1) is 0 Å². The number of nitrogens with one attached hydrogen (secondary N) is 1. The van der Waals surface area contributed by atoms with Crippen molar-refractivity contribution in [3.8, 4) is 0 Å². The molecule has 4 nitrogen and oxygen atoms in total. The molecule has 1 heterocycles. The van der Waals surface area contributed by atoms with Crippen molar-refractivity contribution in [3.05, 3.63) is 29.8 Å². The summed E-state index contributed by atoms with van der Waals surface area (Å²) in [5.41, 5.74) is 1.10. The molecule has 18 heavy (non-hydrogen) atoms. The second-order valence-electron chi connectivity index (χ2n) is 5.73. The van der Waals surface area contributed by atoms with Gasteiger partial charge in [0.2, 0.25) is 0 Å². The minimum atomic E-state index is -0.493. The fourth-order valence-corrected chi connectivity index (χ4v) is 1.62. The van der Waals surface area contributed by atoms with Crippen LogP contribution in [-0.4, -0.2) is 18.3 Å². The number of hydrogen-bond acceptors (Lipinski definition) is 3. The third-order valence-corrected chi connectivity index (χ3v) is 2.70. The normalized spacial score (nSPS) is 22.4. The average Bonchev–Trinajstić information content (AvgIpc) is 2.95. The van der Waals surface area contributed by atoms with Crippen LogP contribution in [0.2, 0.25) is 0 Å². The first-order valence-corrected chi connectivity index (χ1v) is 6.03. The molecule has 0 saturated carbocycles. The Morgan fingerprint density at radius 2 is 2.11 bits per heavy atom. The lowest BCUT2D eigenvalue weighted by Gasteiger charge is -2.20. The Hall–Kier alpha value is -1.55. The molecule has 0 aromatic heterocycles. The van der Waals surface area contributed by atoms with Gasteiger partial charge in [0.1, 0.15) is 11.2 Å². The van der Waals surface area contributed by atoms with Gasteiger partial charge in [-0.3, -0.25) is 5.32 Å². The van der Waals surface area contributed by atoms with E-state index >= 15 is 0 Å². The first kappa shape index (κ1) is 12.9. The van der Waals surface area contributed by atoms with Crippen molar-refractivity contribution in [2.75, 3.05) is 11.9 Å². The first-order valence-electron chi connectivity index (χ1n) is 6.03. The Morgan fingerprint density at radius 3 is 2.67 bits per heavy atom. The van der Waals surface area contributed by atoms with Gasteiger partial charge in [0, 0.05) is 5.69 Å². The number of benzene rings is 1. The lowest BCUT2D eigenvalue weighted by Crippen LogP contribution is -2.27. The summed E-state index contributed by atoms with van der Waals surface area (Å²) < 4.78 is 10.6. The summed E-state index contributed by atoms with van der Waals surface area (Å²) in [5, 5.41) is 2.72. The van der Waals surface area contributed by atoms with E-state index in [1.807, 2.05) is 52.0 Å². The minimum absolute atomic E-state index is 0.189. The van der Waals surface area contributed by atoms with Gasteiger partial charge in [-0.25, -0.2) is 4.79 Å². The fourth-order valence-electron chi connectivity index (χ4n) is 1.62. The predicted molar refractivity (Wildman–Crippen MR) is 69.6 cm³/mol. The Balaban J connectivity index is 2.04. The molecule has 1 N–H and O–H groups in total. The largest absolute Gasteiger partial charge is 0.444 e. The van der Waals surface area contributed by atoms with Crippen LogP contribution in [0.1, 0.15) is 33.3 Å². The molecule has 0 spiro atoms. The lowest BCUT2D eigenvalue weighted by molar-refractivity contribution is 0.0636. The van der Waals surface area contributed by atoms with Crippen LogP contribution in [0.25, 0.3) is 0 Å². The number of amides is 1. The molecular formula is C14H19NO3. The highest BCUT2D eigenvalue weighted by molar-refractivity contribution is 5.85. The summed E-state index contributed by atoms with van der Waals surface area (Å²) in [6.07, 6.45) is -0.443.